The minimum atomic E-state index is -4.10. The van der Waals surface area contributed by atoms with Crippen molar-refractivity contribution >= 4 is 49.7 Å². The molecule has 0 saturated heterocycles. The molecular weight excluding hydrogens is 520 g/mol. The zero-order valence-electron chi connectivity index (χ0n) is 19.7. The number of sulfonamides is 1. The van der Waals surface area contributed by atoms with Gasteiger partial charge >= 0.3 is 0 Å². The summed E-state index contributed by atoms with van der Waals surface area (Å²) in [5.41, 5.74) is 3.11. The number of methoxy groups -OCH3 is 1. The molecule has 0 radical (unpaired) electrons. The Kier molecular flexibility index (Phi) is 7.58. The van der Waals surface area contributed by atoms with Crippen LogP contribution >= 0.6 is 22.9 Å². The van der Waals surface area contributed by atoms with E-state index in [4.69, 9.17) is 16.3 Å². The zero-order chi connectivity index (χ0) is 25.9. The van der Waals surface area contributed by atoms with Crippen molar-refractivity contribution in [1.82, 2.24) is 10.2 Å². The molecule has 4 rings (SSSR count). The van der Waals surface area contributed by atoms with Gasteiger partial charge in [-0.15, -0.1) is 10.2 Å². The lowest BCUT2D eigenvalue weighted by Crippen LogP contribution is -2.38. The van der Waals surface area contributed by atoms with Gasteiger partial charge in [0.05, 0.1) is 22.7 Å². The molecule has 1 aromatic heterocycles. The van der Waals surface area contributed by atoms with Gasteiger partial charge in [-0.3, -0.25) is 14.4 Å². The fourth-order valence-corrected chi connectivity index (χ4v) is 5.77. The summed E-state index contributed by atoms with van der Waals surface area (Å²) in [4.78, 5) is 13.0. The van der Waals surface area contributed by atoms with Gasteiger partial charge in [-0.1, -0.05) is 70.5 Å². The third kappa shape index (κ3) is 5.67. The van der Waals surface area contributed by atoms with E-state index < -0.39 is 22.5 Å². The zero-order valence-corrected chi connectivity index (χ0v) is 22.1. The maximum Gasteiger partial charge on any atom is 0.264 e. The van der Waals surface area contributed by atoms with Gasteiger partial charge < -0.3 is 4.74 Å². The number of nitrogens with one attached hydrogen (secondary N) is 1. The highest BCUT2D eigenvalue weighted by Crippen LogP contribution is 2.32. The molecule has 0 unspecified atom stereocenters. The number of ether oxygens (including phenoxy) is 1. The van der Waals surface area contributed by atoms with E-state index in [2.05, 4.69) is 15.5 Å². The number of hydrogen-bond acceptors (Lipinski definition) is 7. The van der Waals surface area contributed by atoms with Crippen molar-refractivity contribution in [2.75, 3.05) is 23.3 Å². The van der Waals surface area contributed by atoms with Gasteiger partial charge in [0.25, 0.3) is 10.0 Å². The summed E-state index contributed by atoms with van der Waals surface area (Å²) in [7, 11) is -2.64. The topological polar surface area (TPSA) is 101 Å². The van der Waals surface area contributed by atoms with Crippen LogP contribution in [-0.2, 0) is 14.8 Å². The smallest absolute Gasteiger partial charge is 0.264 e. The summed E-state index contributed by atoms with van der Waals surface area (Å²) >= 11 is 7.46. The third-order valence-corrected chi connectivity index (χ3v) is 8.26. The van der Waals surface area contributed by atoms with Gasteiger partial charge in [0.15, 0.2) is 0 Å². The molecule has 1 heterocycles. The van der Waals surface area contributed by atoms with Crippen LogP contribution in [0.2, 0.25) is 5.02 Å². The first kappa shape index (κ1) is 25.6. The average Bonchev–Trinajstić information content (AvgIpc) is 3.31. The van der Waals surface area contributed by atoms with E-state index in [0.29, 0.717) is 10.8 Å². The number of carbonyl (C=O) groups excluding carboxylic acids is 1. The molecule has 36 heavy (non-hydrogen) atoms. The molecule has 4 aromatic rings. The standard InChI is InChI=1S/C25H23ClN4O4S2/c1-16-4-8-18(9-5-16)24-28-29-25(35-24)27-23(31)15-30(19-10-13-22(34-3)21(26)14-19)36(32,33)20-11-6-17(2)7-12-20/h4-14H,15H2,1-3H3,(H,27,29,31). The Labute approximate surface area is 218 Å². The Morgan fingerprint density at radius 1 is 1.00 bits per heavy atom. The molecular formula is C25H23ClN4O4S2. The van der Waals surface area contributed by atoms with Gasteiger partial charge in [0, 0.05) is 5.56 Å². The summed E-state index contributed by atoms with van der Waals surface area (Å²) in [5.74, 6) is -0.195. The molecule has 0 atom stereocenters. The van der Waals surface area contributed by atoms with Crippen molar-refractivity contribution in [3.8, 4) is 16.3 Å². The first-order chi connectivity index (χ1) is 17.2. The van der Waals surface area contributed by atoms with Crippen molar-refractivity contribution in [2.24, 2.45) is 0 Å². The Morgan fingerprint density at radius 2 is 1.64 bits per heavy atom. The molecule has 1 N–H and O–H groups in total. The van der Waals surface area contributed by atoms with Gasteiger partial charge in [0.2, 0.25) is 11.0 Å². The molecule has 186 valence electrons. The molecule has 0 aliphatic heterocycles. The first-order valence-corrected chi connectivity index (χ1v) is 13.4. The number of rotatable bonds is 8. The predicted octanol–water partition coefficient (Wildman–Crippen LogP) is 5.32. The second-order valence-corrected chi connectivity index (χ2v) is 11.2. The maximum atomic E-state index is 13.6. The number of aryl methyl sites for hydroxylation is 2. The van der Waals surface area contributed by atoms with Crippen molar-refractivity contribution < 1.29 is 17.9 Å². The fourth-order valence-electron chi connectivity index (χ4n) is 3.34. The number of benzene rings is 3. The Hall–Kier alpha value is -3.47. The molecule has 11 heteroatoms. The van der Waals surface area contributed by atoms with E-state index in [9.17, 15) is 13.2 Å². The summed E-state index contributed by atoms with van der Waals surface area (Å²) in [6.07, 6.45) is 0. The van der Waals surface area contributed by atoms with Gasteiger partial charge in [-0.25, -0.2) is 8.42 Å². The average molecular weight is 543 g/mol. The highest BCUT2D eigenvalue weighted by atomic mass is 35.5. The molecule has 3 aromatic carbocycles. The number of hydrogen-bond donors (Lipinski definition) is 1. The number of carbonyl (C=O) groups is 1. The largest absolute Gasteiger partial charge is 0.495 e. The molecule has 8 nitrogen and oxygen atoms in total. The van der Waals surface area contributed by atoms with E-state index in [1.165, 1.54) is 42.7 Å². The maximum absolute atomic E-state index is 13.6. The number of amides is 1. The van der Waals surface area contributed by atoms with E-state index >= 15 is 0 Å². The summed E-state index contributed by atoms with van der Waals surface area (Å²) in [5, 5.41) is 11.9. The second-order valence-electron chi connectivity index (χ2n) is 7.97. The Morgan fingerprint density at radius 3 is 2.25 bits per heavy atom. The van der Waals surface area contributed by atoms with Crippen LogP contribution in [0.3, 0.4) is 0 Å². The van der Waals surface area contributed by atoms with E-state index in [0.717, 1.165) is 21.0 Å². The lowest BCUT2D eigenvalue weighted by atomic mass is 10.2. The summed E-state index contributed by atoms with van der Waals surface area (Å²) < 4.78 is 33.3. The van der Waals surface area contributed by atoms with Crippen molar-refractivity contribution in [2.45, 2.75) is 18.7 Å². The van der Waals surface area contributed by atoms with Crippen LogP contribution in [0.5, 0.6) is 5.75 Å². The molecule has 1 amide bonds. The second kappa shape index (κ2) is 10.7. The fraction of sp³-hybridized carbons (Fsp3) is 0.160. The number of halogens is 1. The van der Waals surface area contributed by atoms with Gasteiger partial charge in [-0.2, -0.15) is 0 Å². The normalized spacial score (nSPS) is 11.2. The van der Waals surface area contributed by atoms with E-state index in [1.807, 2.05) is 38.1 Å². The predicted molar refractivity (Wildman–Crippen MR) is 142 cm³/mol. The van der Waals surface area contributed by atoms with E-state index in [-0.39, 0.29) is 20.7 Å². The van der Waals surface area contributed by atoms with Gasteiger partial charge in [-0.05, 0) is 44.2 Å². The van der Waals surface area contributed by atoms with Crippen LogP contribution in [0, 0.1) is 13.8 Å². The lowest BCUT2D eigenvalue weighted by Gasteiger charge is -2.24. The number of nitrogens with zero attached hydrogens (tertiary/aromatic N) is 3. The monoisotopic (exact) mass is 542 g/mol. The molecule has 0 spiro atoms. The van der Waals surface area contributed by atoms with Crippen LogP contribution in [0.4, 0.5) is 10.8 Å². The SMILES string of the molecule is COc1ccc(N(CC(=O)Nc2nnc(-c3ccc(C)cc3)s2)S(=O)(=O)c2ccc(C)cc2)cc1Cl. The molecule has 0 saturated carbocycles. The van der Waals surface area contributed by atoms with Crippen LogP contribution in [0.25, 0.3) is 10.6 Å². The highest BCUT2D eigenvalue weighted by Gasteiger charge is 2.28. The van der Waals surface area contributed by atoms with Crippen LogP contribution < -0.4 is 14.4 Å². The molecule has 0 aliphatic rings. The number of aromatic nitrogens is 2. The first-order valence-electron chi connectivity index (χ1n) is 10.8. The summed E-state index contributed by atoms with van der Waals surface area (Å²) in [6, 6.07) is 18.7. The van der Waals surface area contributed by atoms with Gasteiger partial charge in [0.1, 0.15) is 17.3 Å². The Bertz CT molecular complexity index is 1490. The van der Waals surface area contributed by atoms with Crippen LogP contribution in [-0.4, -0.2) is 38.2 Å². The minimum absolute atomic E-state index is 0.0467. The molecule has 0 fully saturated rings. The van der Waals surface area contributed by atoms with Crippen LogP contribution in [0.1, 0.15) is 11.1 Å². The molecule has 0 bridgehead atoms. The molecule has 0 aliphatic carbocycles. The van der Waals surface area contributed by atoms with Crippen molar-refractivity contribution in [3.05, 3.63) is 82.9 Å². The highest BCUT2D eigenvalue weighted by molar-refractivity contribution is 7.92. The third-order valence-electron chi connectivity index (χ3n) is 5.29. The van der Waals surface area contributed by atoms with E-state index in [1.54, 1.807) is 18.2 Å². The van der Waals surface area contributed by atoms with Crippen molar-refractivity contribution in [1.29, 1.82) is 0 Å². The quantitative estimate of drug-likeness (QED) is 0.323. The summed E-state index contributed by atoms with van der Waals surface area (Å²) in [6.45, 7) is 3.35. The van der Waals surface area contributed by atoms with Crippen molar-refractivity contribution in [3.63, 3.8) is 0 Å². The lowest BCUT2D eigenvalue weighted by molar-refractivity contribution is -0.114. The minimum Gasteiger partial charge on any atom is -0.495 e. The Balaban J connectivity index is 1.61. The van der Waals surface area contributed by atoms with Crippen LogP contribution in [0.15, 0.2) is 71.6 Å². The number of anilines is 2.